The highest BCUT2D eigenvalue weighted by atomic mass is 14.0. The van der Waals surface area contributed by atoms with Crippen molar-refractivity contribution in [3.05, 3.63) is 12.2 Å². The number of hydrogen-bond acceptors (Lipinski definition) is 0. The molecule has 25 heavy (non-hydrogen) atoms. The van der Waals surface area contributed by atoms with Crippen molar-refractivity contribution in [1.29, 1.82) is 0 Å². The van der Waals surface area contributed by atoms with Crippen molar-refractivity contribution >= 4 is 0 Å². The van der Waals surface area contributed by atoms with Crippen molar-refractivity contribution in [2.75, 3.05) is 0 Å². The van der Waals surface area contributed by atoms with Gasteiger partial charge >= 0.3 is 0 Å². The monoisotopic (exact) mass is 350 g/mol. The second-order valence-corrected chi connectivity index (χ2v) is 8.06. The molecule has 0 heteroatoms. The van der Waals surface area contributed by atoms with E-state index >= 15 is 0 Å². The molecule has 0 atom stereocenters. The lowest BCUT2D eigenvalue weighted by atomic mass is 10.0. The summed E-state index contributed by atoms with van der Waals surface area (Å²) in [6.07, 6.45) is 34.9. The van der Waals surface area contributed by atoms with Gasteiger partial charge in [-0.25, -0.2) is 0 Å². The lowest BCUT2D eigenvalue weighted by Gasteiger charge is -2.02. The summed E-state index contributed by atoms with van der Waals surface area (Å²) < 4.78 is 0. The Morgan fingerprint density at radius 1 is 0.320 bits per heavy atom. The SMILES string of the molecule is CCCCCCCCC/C=C/CCCCCCCCCCCCCC. The van der Waals surface area contributed by atoms with E-state index in [4.69, 9.17) is 0 Å². The maximum absolute atomic E-state index is 2.44. The van der Waals surface area contributed by atoms with Gasteiger partial charge < -0.3 is 0 Å². The van der Waals surface area contributed by atoms with Crippen LogP contribution in [-0.4, -0.2) is 0 Å². The minimum Gasteiger partial charge on any atom is -0.0885 e. The van der Waals surface area contributed by atoms with E-state index in [1.165, 1.54) is 135 Å². The third kappa shape index (κ3) is 23.7. The van der Waals surface area contributed by atoms with Crippen LogP contribution in [0.2, 0.25) is 0 Å². The first-order chi connectivity index (χ1) is 12.4. The van der Waals surface area contributed by atoms with Crippen molar-refractivity contribution < 1.29 is 0 Å². The third-order valence-electron chi connectivity index (χ3n) is 5.37. The van der Waals surface area contributed by atoms with Crippen LogP contribution in [0.15, 0.2) is 12.2 Å². The summed E-state index contributed by atoms with van der Waals surface area (Å²) in [6, 6.07) is 0. The van der Waals surface area contributed by atoms with E-state index in [2.05, 4.69) is 26.0 Å². The normalized spacial score (nSPS) is 11.6. The number of unbranched alkanes of at least 4 members (excludes halogenated alkanes) is 19. The van der Waals surface area contributed by atoms with E-state index in [0.717, 1.165) is 0 Å². The molecule has 0 aliphatic heterocycles. The summed E-state index contributed by atoms with van der Waals surface area (Å²) >= 11 is 0. The van der Waals surface area contributed by atoms with Crippen LogP contribution in [0.1, 0.15) is 149 Å². The Labute approximate surface area is 161 Å². The molecule has 0 spiro atoms. The Morgan fingerprint density at radius 3 is 0.840 bits per heavy atom. The molecule has 0 aromatic heterocycles. The maximum Gasteiger partial charge on any atom is -0.0351 e. The van der Waals surface area contributed by atoms with Crippen molar-refractivity contribution in [3.63, 3.8) is 0 Å². The summed E-state index contributed by atoms with van der Waals surface area (Å²) in [5, 5.41) is 0. The molecule has 0 bridgehead atoms. The van der Waals surface area contributed by atoms with Gasteiger partial charge in [0.05, 0.1) is 0 Å². The highest BCUT2D eigenvalue weighted by Gasteiger charge is 1.93. The Morgan fingerprint density at radius 2 is 0.560 bits per heavy atom. The van der Waals surface area contributed by atoms with Gasteiger partial charge in [-0.1, -0.05) is 135 Å². The predicted octanol–water partition coefficient (Wildman–Crippen LogP) is 9.77. The maximum atomic E-state index is 2.44. The molecule has 0 rings (SSSR count). The molecule has 0 radical (unpaired) electrons. The molecular weight excluding hydrogens is 300 g/mol. The van der Waals surface area contributed by atoms with Gasteiger partial charge in [-0.05, 0) is 25.7 Å². The zero-order chi connectivity index (χ0) is 18.3. The average Bonchev–Trinajstić information content (AvgIpc) is 2.63. The molecule has 0 saturated carbocycles. The Bertz CT molecular complexity index is 240. The fraction of sp³-hybridized carbons (Fsp3) is 0.920. The standard InChI is InChI=1S/C25H50/c1-3-5-7-9-11-13-15-17-19-21-23-25-24-22-20-18-16-14-12-10-8-6-4-2/h19,21H,3-18,20,22-25H2,1-2H3/b21-19+. The first kappa shape index (κ1) is 24.7. The van der Waals surface area contributed by atoms with E-state index in [9.17, 15) is 0 Å². The molecule has 0 saturated heterocycles. The van der Waals surface area contributed by atoms with E-state index in [1.807, 2.05) is 0 Å². The lowest BCUT2D eigenvalue weighted by Crippen LogP contribution is -1.82. The van der Waals surface area contributed by atoms with Gasteiger partial charge in [0.25, 0.3) is 0 Å². The number of hydrogen-bond donors (Lipinski definition) is 0. The smallest absolute Gasteiger partial charge is 0.0351 e. The minimum absolute atomic E-state index is 1.31. The second-order valence-electron chi connectivity index (χ2n) is 8.06. The highest BCUT2D eigenvalue weighted by Crippen LogP contribution is 2.13. The van der Waals surface area contributed by atoms with E-state index < -0.39 is 0 Å². The molecule has 0 unspecified atom stereocenters. The van der Waals surface area contributed by atoms with Crippen molar-refractivity contribution in [2.45, 2.75) is 149 Å². The van der Waals surface area contributed by atoms with Gasteiger partial charge in [-0.3, -0.25) is 0 Å². The van der Waals surface area contributed by atoms with Gasteiger partial charge in [-0.15, -0.1) is 0 Å². The van der Waals surface area contributed by atoms with Crippen LogP contribution < -0.4 is 0 Å². The molecule has 150 valence electrons. The van der Waals surface area contributed by atoms with Crippen LogP contribution >= 0.6 is 0 Å². The molecule has 0 aromatic carbocycles. The Balaban J connectivity index is 3.03. The molecule has 0 amide bonds. The highest BCUT2D eigenvalue weighted by molar-refractivity contribution is 4.81. The van der Waals surface area contributed by atoms with Crippen LogP contribution in [0, 0.1) is 0 Å². The fourth-order valence-electron chi connectivity index (χ4n) is 3.56. The second kappa shape index (κ2) is 23.7. The molecule has 0 aromatic rings. The van der Waals surface area contributed by atoms with Crippen LogP contribution in [-0.2, 0) is 0 Å². The van der Waals surface area contributed by atoms with Gasteiger partial charge in [0, 0.05) is 0 Å². The molecule has 0 N–H and O–H groups in total. The first-order valence-electron chi connectivity index (χ1n) is 12.1. The van der Waals surface area contributed by atoms with Crippen LogP contribution in [0.4, 0.5) is 0 Å². The number of rotatable bonds is 21. The summed E-state index contributed by atoms with van der Waals surface area (Å²) in [7, 11) is 0. The topological polar surface area (TPSA) is 0 Å². The van der Waals surface area contributed by atoms with Crippen molar-refractivity contribution in [1.82, 2.24) is 0 Å². The molecule has 0 aliphatic rings. The zero-order valence-corrected chi connectivity index (χ0v) is 18.0. The zero-order valence-electron chi connectivity index (χ0n) is 18.0. The van der Waals surface area contributed by atoms with Gasteiger partial charge in [0.2, 0.25) is 0 Å². The molecule has 0 aliphatic carbocycles. The van der Waals surface area contributed by atoms with Gasteiger partial charge in [-0.2, -0.15) is 0 Å². The van der Waals surface area contributed by atoms with E-state index in [0.29, 0.717) is 0 Å². The summed E-state index contributed by atoms with van der Waals surface area (Å²) in [5.41, 5.74) is 0. The molecule has 0 fully saturated rings. The van der Waals surface area contributed by atoms with Crippen molar-refractivity contribution in [3.8, 4) is 0 Å². The Kier molecular flexibility index (Phi) is 23.5. The van der Waals surface area contributed by atoms with Crippen LogP contribution in [0.5, 0.6) is 0 Å². The van der Waals surface area contributed by atoms with E-state index in [-0.39, 0.29) is 0 Å². The van der Waals surface area contributed by atoms with Gasteiger partial charge in [0.1, 0.15) is 0 Å². The molecule has 0 nitrogen and oxygen atoms in total. The van der Waals surface area contributed by atoms with Crippen LogP contribution in [0.3, 0.4) is 0 Å². The summed E-state index contributed by atoms with van der Waals surface area (Å²) in [6.45, 7) is 4.59. The Hall–Kier alpha value is -0.260. The largest absolute Gasteiger partial charge is 0.0885 e. The molecule has 0 heterocycles. The van der Waals surface area contributed by atoms with Crippen molar-refractivity contribution in [2.24, 2.45) is 0 Å². The summed E-state index contributed by atoms with van der Waals surface area (Å²) in [4.78, 5) is 0. The lowest BCUT2D eigenvalue weighted by molar-refractivity contribution is 0.545. The number of allylic oxidation sites excluding steroid dienone is 2. The average molecular weight is 351 g/mol. The quantitative estimate of drug-likeness (QED) is 0.143. The van der Waals surface area contributed by atoms with E-state index in [1.54, 1.807) is 0 Å². The summed E-state index contributed by atoms with van der Waals surface area (Å²) in [5.74, 6) is 0. The predicted molar refractivity (Wildman–Crippen MR) is 117 cm³/mol. The third-order valence-corrected chi connectivity index (χ3v) is 5.37. The fourth-order valence-corrected chi connectivity index (χ4v) is 3.56. The van der Waals surface area contributed by atoms with Gasteiger partial charge in [0.15, 0.2) is 0 Å². The molecular formula is C25H50. The first-order valence-corrected chi connectivity index (χ1v) is 12.1. The minimum atomic E-state index is 1.31. The van der Waals surface area contributed by atoms with Crippen LogP contribution in [0.25, 0.3) is 0 Å².